The molecule has 132 valence electrons. The second-order valence-corrected chi connectivity index (χ2v) is 6.56. The number of aromatic hydroxyl groups is 2. The molecule has 0 saturated carbocycles. The number of hydrogen-bond acceptors (Lipinski definition) is 5. The number of nitrogens with one attached hydrogen (secondary N) is 2. The van der Waals surface area contributed by atoms with Gasteiger partial charge in [0.05, 0.1) is 24.0 Å². The lowest BCUT2D eigenvalue weighted by molar-refractivity contribution is 0.413. The van der Waals surface area contributed by atoms with Gasteiger partial charge >= 0.3 is 0 Å². The Morgan fingerprint density at radius 1 is 1.15 bits per heavy atom. The van der Waals surface area contributed by atoms with Gasteiger partial charge < -0.3 is 25.3 Å². The minimum Gasteiger partial charge on any atom is -0.506 e. The Morgan fingerprint density at radius 3 is 2.69 bits per heavy atom. The van der Waals surface area contributed by atoms with Gasteiger partial charge in [-0.3, -0.25) is 0 Å². The highest BCUT2D eigenvalue weighted by molar-refractivity contribution is 7.12. The number of anilines is 2. The van der Waals surface area contributed by atoms with Crippen molar-refractivity contribution in [2.24, 2.45) is 0 Å². The first-order valence-corrected chi connectivity index (χ1v) is 8.67. The van der Waals surface area contributed by atoms with Gasteiger partial charge in [-0.1, -0.05) is 18.2 Å². The lowest BCUT2D eigenvalue weighted by atomic mass is 10.1. The molecular weight excluding hydrogens is 355 g/mol. The average Bonchev–Trinajstić information content (AvgIpc) is 3.20. The van der Waals surface area contributed by atoms with Gasteiger partial charge in [-0.2, -0.15) is 0 Å². The van der Waals surface area contributed by atoms with Crippen LogP contribution in [-0.4, -0.2) is 22.3 Å². The molecule has 26 heavy (non-hydrogen) atoms. The summed E-state index contributed by atoms with van der Waals surface area (Å²) in [5.74, 6) is -0.462. The Hall–Kier alpha value is -3.19. The summed E-state index contributed by atoms with van der Waals surface area (Å²) in [5.41, 5.74) is 2.43. The van der Waals surface area contributed by atoms with Gasteiger partial charge in [0.2, 0.25) is 0 Å². The van der Waals surface area contributed by atoms with Crippen molar-refractivity contribution in [2.75, 3.05) is 12.4 Å². The zero-order chi connectivity index (χ0) is 18.3. The molecule has 0 aliphatic carbocycles. The maximum Gasteiger partial charge on any atom is 0.183 e. The van der Waals surface area contributed by atoms with Crippen molar-refractivity contribution in [1.29, 1.82) is 0 Å². The first-order chi connectivity index (χ1) is 12.6. The Labute approximate surface area is 152 Å². The molecule has 4 N–H and O–H groups in total. The molecule has 2 aromatic carbocycles. The highest BCUT2D eigenvalue weighted by Crippen LogP contribution is 2.46. The van der Waals surface area contributed by atoms with E-state index in [-0.39, 0.29) is 21.9 Å². The molecule has 5 nitrogen and oxygen atoms in total. The summed E-state index contributed by atoms with van der Waals surface area (Å²) in [6.07, 6.45) is 1.81. The summed E-state index contributed by atoms with van der Waals surface area (Å²) in [6, 6.07) is 10.5. The first-order valence-electron chi connectivity index (χ1n) is 7.79. The number of halogens is 1. The van der Waals surface area contributed by atoms with Crippen LogP contribution in [0.25, 0.3) is 22.0 Å². The van der Waals surface area contributed by atoms with Crippen molar-refractivity contribution >= 4 is 33.6 Å². The van der Waals surface area contributed by atoms with E-state index in [0.29, 0.717) is 11.4 Å². The molecule has 0 bridgehead atoms. The van der Waals surface area contributed by atoms with Crippen LogP contribution >= 0.6 is 11.3 Å². The molecule has 0 unspecified atom stereocenters. The molecule has 0 aliphatic rings. The second-order valence-electron chi connectivity index (χ2n) is 5.71. The molecule has 4 aromatic rings. The van der Waals surface area contributed by atoms with Crippen molar-refractivity contribution in [2.45, 2.75) is 0 Å². The average molecular weight is 370 g/mol. The molecule has 4 rings (SSSR count). The van der Waals surface area contributed by atoms with Gasteiger partial charge in [-0.15, -0.1) is 11.3 Å². The number of para-hydroxylation sites is 1. The summed E-state index contributed by atoms with van der Waals surface area (Å²) >= 11 is 0.940. The number of ether oxygens (including phenoxy) is 1. The smallest absolute Gasteiger partial charge is 0.183 e. The van der Waals surface area contributed by atoms with E-state index in [1.165, 1.54) is 24.6 Å². The monoisotopic (exact) mass is 370 g/mol. The number of fused-ring (bicyclic) bond motifs is 1. The predicted molar refractivity (Wildman–Crippen MR) is 101 cm³/mol. The molecule has 0 saturated heterocycles. The summed E-state index contributed by atoms with van der Waals surface area (Å²) < 4.78 is 19.8. The molecule has 2 aromatic heterocycles. The van der Waals surface area contributed by atoms with Crippen molar-refractivity contribution < 1.29 is 19.3 Å². The third-order valence-corrected chi connectivity index (χ3v) is 4.94. The summed E-state index contributed by atoms with van der Waals surface area (Å²) in [7, 11) is 1.45. The molecule has 0 fully saturated rings. The number of aromatic nitrogens is 1. The van der Waals surface area contributed by atoms with Gasteiger partial charge in [0.1, 0.15) is 17.3 Å². The summed E-state index contributed by atoms with van der Waals surface area (Å²) in [6.45, 7) is 0. The number of rotatable bonds is 4. The zero-order valence-corrected chi connectivity index (χ0v) is 14.5. The number of methoxy groups -OCH3 is 1. The minimum absolute atomic E-state index is 0.0668. The Balaban J connectivity index is 1.84. The largest absolute Gasteiger partial charge is 0.506 e. The van der Waals surface area contributed by atoms with Crippen LogP contribution in [0.3, 0.4) is 0 Å². The second kappa shape index (κ2) is 6.27. The van der Waals surface area contributed by atoms with Gasteiger partial charge in [0.25, 0.3) is 0 Å². The topological polar surface area (TPSA) is 77.5 Å². The van der Waals surface area contributed by atoms with Crippen LogP contribution in [-0.2, 0) is 0 Å². The standard InChI is InChI=1S/C19H15FN2O3S/c1-25-17-7-12(20)11(18-16(23)9-26-19(18)24)6-14(17)22-15-8-21-13-5-3-2-4-10(13)15/h2-9,21-24H,1H3. The number of thiophene rings is 1. The maximum atomic E-state index is 14.5. The van der Waals surface area contributed by atoms with E-state index in [9.17, 15) is 14.6 Å². The van der Waals surface area contributed by atoms with E-state index in [1.807, 2.05) is 30.5 Å². The van der Waals surface area contributed by atoms with E-state index >= 15 is 0 Å². The van der Waals surface area contributed by atoms with E-state index in [4.69, 9.17) is 4.74 Å². The number of H-pyrrole nitrogens is 1. The van der Waals surface area contributed by atoms with Gasteiger partial charge in [0, 0.05) is 34.1 Å². The van der Waals surface area contributed by atoms with Crippen LogP contribution in [0.1, 0.15) is 0 Å². The Morgan fingerprint density at radius 2 is 1.96 bits per heavy atom. The fourth-order valence-electron chi connectivity index (χ4n) is 2.93. The first kappa shape index (κ1) is 16.3. The highest BCUT2D eigenvalue weighted by atomic mass is 32.1. The quantitative estimate of drug-likeness (QED) is 0.398. The molecule has 2 heterocycles. The Bertz CT molecular complexity index is 1080. The summed E-state index contributed by atoms with van der Waals surface area (Å²) in [5, 5.41) is 25.3. The van der Waals surface area contributed by atoms with Crippen LogP contribution in [0, 0.1) is 5.82 Å². The normalized spacial score (nSPS) is 11.0. The van der Waals surface area contributed by atoms with Crippen LogP contribution in [0.15, 0.2) is 48.0 Å². The molecule has 0 aliphatic heterocycles. The van der Waals surface area contributed by atoms with Gasteiger partial charge in [0.15, 0.2) is 5.06 Å². The summed E-state index contributed by atoms with van der Waals surface area (Å²) in [4.78, 5) is 3.16. The lowest BCUT2D eigenvalue weighted by Gasteiger charge is -2.14. The van der Waals surface area contributed by atoms with E-state index in [0.717, 1.165) is 27.9 Å². The molecule has 0 radical (unpaired) electrons. The van der Waals surface area contributed by atoms with Gasteiger partial charge in [-0.25, -0.2) is 4.39 Å². The Kier molecular flexibility index (Phi) is 3.93. The maximum absolute atomic E-state index is 14.5. The van der Waals surface area contributed by atoms with Gasteiger partial charge in [-0.05, 0) is 12.1 Å². The van der Waals surface area contributed by atoms with E-state index < -0.39 is 5.82 Å². The van der Waals surface area contributed by atoms with Crippen molar-refractivity contribution in [3.05, 3.63) is 53.8 Å². The number of hydrogen-bond donors (Lipinski definition) is 4. The van der Waals surface area contributed by atoms with Crippen molar-refractivity contribution in [3.63, 3.8) is 0 Å². The molecule has 0 atom stereocenters. The van der Waals surface area contributed by atoms with Crippen molar-refractivity contribution in [3.8, 4) is 27.7 Å². The van der Waals surface area contributed by atoms with Crippen molar-refractivity contribution in [1.82, 2.24) is 4.98 Å². The molecule has 0 spiro atoms. The fraction of sp³-hybridized carbons (Fsp3) is 0.0526. The van der Waals surface area contributed by atoms with E-state index in [2.05, 4.69) is 10.3 Å². The third-order valence-electron chi connectivity index (χ3n) is 4.17. The molecular formula is C19H15FN2O3S. The van der Waals surface area contributed by atoms with Crippen LogP contribution in [0.5, 0.6) is 16.6 Å². The SMILES string of the molecule is COc1cc(F)c(-c2c(O)csc2O)cc1Nc1c[nH]c2ccccc12. The molecule has 7 heteroatoms. The predicted octanol–water partition coefficient (Wildman–Crippen LogP) is 5.20. The lowest BCUT2D eigenvalue weighted by Crippen LogP contribution is -1.97. The highest BCUT2D eigenvalue weighted by Gasteiger charge is 2.20. The number of aromatic amines is 1. The van der Waals surface area contributed by atoms with Crippen LogP contribution in [0.2, 0.25) is 0 Å². The number of benzene rings is 2. The van der Waals surface area contributed by atoms with Crippen LogP contribution in [0.4, 0.5) is 15.8 Å². The minimum atomic E-state index is -0.602. The zero-order valence-electron chi connectivity index (χ0n) is 13.7. The molecule has 0 amide bonds. The fourth-order valence-corrected chi connectivity index (χ4v) is 3.60. The van der Waals surface area contributed by atoms with Crippen LogP contribution < -0.4 is 10.1 Å². The third kappa shape index (κ3) is 2.62. The van der Waals surface area contributed by atoms with E-state index in [1.54, 1.807) is 0 Å².